The lowest BCUT2D eigenvalue weighted by Crippen LogP contribution is -2.39. The fraction of sp³-hybridized carbons (Fsp3) is 0.500. The van der Waals surface area contributed by atoms with Crippen LogP contribution in [0.15, 0.2) is 32.4 Å². The second-order valence-corrected chi connectivity index (χ2v) is 8.84. The molecule has 25 heavy (non-hydrogen) atoms. The van der Waals surface area contributed by atoms with Crippen LogP contribution >= 0.6 is 11.8 Å². The Bertz CT molecular complexity index is 881. The fourth-order valence-electron chi connectivity index (χ4n) is 3.09. The number of benzene rings is 1. The molecule has 0 unspecified atom stereocenters. The molecule has 1 aliphatic heterocycles. The molecule has 0 saturated carbocycles. The van der Waals surface area contributed by atoms with Gasteiger partial charge in [0, 0.05) is 35.7 Å². The lowest BCUT2D eigenvalue weighted by atomic mass is 9.93. The predicted octanol–water partition coefficient (Wildman–Crippen LogP) is 4.44. The number of rotatable bonds is 3. The Morgan fingerprint density at radius 2 is 2.08 bits per heavy atom. The SMILES string of the molecule is Cc1cc2oc(=O)cc(CSC3=NCC(C)(C)CN3)c2cc1C(C)C. The number of nitrogens with zero attached hydrogens (tertiary/aromatic N) is 1. The van der Waals surface area contributed by atoms with Gasteiger partial charge < -0.3 is 9.73 Å². The van der Waals surface area contributed by atoms with Gasteiger partial charge in [0.1, 0.15) is 5.58 Å². The highest BCUT2D eigenvalue weighted by atomic mass is 32.2. The van der Waals surface area contributed by atoms with Gasteiger partial charge in [-0.05, 0) is 41.7 Å². The number of fused-ring (bicyclic) bond motifs is 1. The predicted molar refractivity (Wildman–Crippen MR) is 107 cm³/mol. The minimum Gasteiger partial charge on any atom is -0.423 e. The highest BCUT2D eigenvalue weighted by Gasteiger charge is 2.22. The normalized spacial score (nSPS) is 16.8. The molecule has 2 aromatic rings. The summed E-state index contributed by atoms with van der Waals surface area (Å²) < 4.78 is 5.43. The number of amidine groups is 1. The maximum absolute atomic E-state index is 11.9. The van der Waals surface area contributed by atoms with E-state index in [-0.39, 0.29) is 11.0 Å². The summed E-state index contributed by atoms with van der Waals surface area (Å²) in [4.78, 5) is 16.6. The average molecular weight is 359 g/mol. The van der Waals surface area contributed by atoms with Crippen LogP contribution in [0, 0.1) is 12.3 Å². The van der Waals surface area contributed by atoms with E-state index in [1.54, 1.807) is 17.8 Å². The van der Waals surface area contributed by atoms with Crippen molar-refractivity contribution in [2.75, 3.05) is 13.1 Å². The Morgan fingerprint density at radius 1 is 1.32 bits per heavy atom. The first-order valence-corrected chi connectivity index (χ1v) is 9.72. The van der Waals surface area contributed by atoms with Crippen LogP contribution in [-0.2, 0) is 5.75 Å². The zero-order valence-corrected chi connectivity index (χ0v) is 16.4. The summed E-state index contributed by atoms with van der Waals surface area (Å²) in [7, 11) is 0. The number of hydrogen-bond donors (Lipinski definition) is 1. The number of aliphatic imine (C=N–C) groups is 1. The van der Waals surface area contributed by atoms with Gasteiger partial charge in [-0.15, -0.1) is 0 Å². The average Bonchev–Trinajstić information content (AvgIpc) is 2.52. The Labute approximate surface area is 153 Å². The Kier molecular flexibility index (Phi) is 4.96. The first-order valence-electron chi connectivity index (χ1n) is 8.73. The van der Waals surface area contributed by atoms with Crippen molar-refractivity contribution >= 4 is 27.9 Å². The van der Waals surface area contributed by atoms with E-state index < -0.39 is 0 Å². The van der Waals surface area contributed by atoms with Gasteiger partial charge in [0.05, 0.1) is 0 Å². The van der Waals surface area contributed by atoms with Gasteiger partial charge in [-0.2, -0.15) is 0 Å². The van der Waals surface area contributed by atoms with Crippen LogP contribution < -0.4 is 10.9 Å². The molecule has 3 rings (SSSR count). The molecule has 0 amide bonds. The number of nitrogens with one attached hydrogen (secondary N) is 1. The first-order chi connectivity index (χ1) is 11.7. The van der Waals surface area contributed by atoms with Crippen LogP contribution in [0.5, 0.6) is 0 Å². The number of thioether (sulfide) groups is 1. The first kappa shape index (κ1) is 18.1. The van der Waals surface area contributed by atoms with Crippen molar-refractivity contribution < 1.29 is 4.42 Å². The third kappa shape index (κ3) is 4.09. The van der Waals surface area contributed by atoms with Crippen molar-refractivity contribution in [3.05, 3.63) is 45.3 Å². The minimum atomic E-state index is -0.292. The van der Waals surface area contributed by atoms with E-state index in [1.807, 2.05) is 6.07 Å². The molecule has 0 saturated heterocycles. The van der Waals surface area contributed by atoms with Crippen LogP contribution in [0.3, 0.4) is 0 Å². The lowest BCUT2D eigenvalue weighted by molar-refractivity contribution is 0.364. The second-order valence-electron chi connectivity index (χ2n) is 7.88. The Hall–Kier alpha value is -1.75. The van der Waals surface area contributed by atoms with Crippen molar-refractivity contribution in [1.82, 2.24) is 5.32 Å². The minimum absolute atomic E-state index is 0.203. The molecule has 1 N–H and O–H groups in total. The van der Waals surface area contributed by atoms with Crippen molar-refractivity contribution in [3.8, 4) is 0 Å². The molecule has 1 aromatic heterocycles. The maximum atomic E-state index is 11.9. The third-order valence-electron chi connectivity index (χ3n) is 4.57. The maximum Gasteiger partial charge on any atom is 0.336 e. The topological polar surface area (TPSA) is 54.6 Å². The molecule has 0 spiro atoms. The standard InChI is InChI=1S/C20H26N2O2S/c1-12(2)15-8-16-14(7-18(23)24-17(16)6-13(15)3)9-25-19-21-10-20(4,5)11-22-19/h6-8,12H,9-11H2,1-5H3,(H,21,22). The van der Waals surface area contributed by atoms with Crippen LogP contribution in [0.4, 0.5) is 0 Å². The molecular weight excluding hydrogens is 332 g/mol. The zero-order valence-electron chi connectivity index (χ0n) is 15.6. The molecule has 0 fully saturated rings. The summed E-state index contributed by atoms with van der Waals surface area (Å²) in [6, 6.07) is 5.77. The van der Waals surface area contributed by atoms with E-state index >= 15 is 0 Å². The van der Waals surface area contributed by atoms with Crippen LogP contribution in [0.1, 0.15) is 50.3 Å². The molecule has 1 aliphatic rings. The molecule has 1 aromatic carbocycles. The van der Waals surface area contributed by atoms with E-state index in [4.69, 9.17) is 4.42 Å². The van der Waals surface area contributed by atoms with E-state index in [9.17, 15) is 4.79 Å². The van der Waals surface area contributed by atoms with Gasteiger partial charge in [-0.3, -0.25) is 4.99 Å². The van der Waals surface area contributed by atoms with Gasteiger partial charge in [0.2, 0.25) is 0 Å². The van der Waals surface area contributed by atoms with Crippen molar-refractivity contribution in [2.45, 2.75) is 46.3 Å². The largest absolute Gasteiger partial charge is 0.423 e. The van der Waals surface area contributed by atoms with E-state index in [2.05, 4.69) is 51.0 Å². The van der Waals surface area contributed by atoms with E-state index in [1.165, 1.54) is 5.56 Å². The summed E-state index contributed by atoms with van der Waals surface area (Å²) >= 11 is 1.65. The quantitative estimate of drug-likeness (QED) is 0.824. The Balaban J connectivity index is 1.91. The van der Waals surface area contributed by atoms with Crippen LogP contribution in [0.2, 0.25) is 0 Å². The monoisotopic (exact) mass is 358 g/mol. The van der Waals surface area contributed by atoms with Gasteiger partial charge in [0.25, 0.3) is 0 Å². The molecule has 0 radical (unpaired) electrons. The molecule has 5 heteroatoms. The highest BCUT2D eigenvalue weighted by Crippen LogP contribution is 2.29. The summed E-state index contributed by atoms with van der Waals surface area (Å²) in [5.41, 5.74) is 4.05. The zero-order chi connectivity index (χ0) is 18.2. The van der Waals surface area contributed by atoms with Crippen molar-refractivity contribution in [1.29, 1.82) is 0 Å². The number of hydrogen-bond acceptors (Lipinski definition) is 5. The molecule has 0 atom stereocenters. The molecule has 0 bridgehead atoms. The van der Waals surface area contributed by atoms with Gasteiger partial charge >= 0.3 is 5.63 Å². The lowest BCUT2D eigenvalue weighted by Gasteiger charge is -2.28. The molecule has 0 aliphatic carbocycles. The smallest absolute Gasteiger partial charge is 0.336 e. The molecule has 2 heterocycles. The van der Waals surface area contributed by atoms with Crippen LogP contribution in [-0.4, -0.2) is 18.3 Å². The van der Waals surface area contributed by atoms with Crippen LogP contribution in [0.25, 0.3) is 11.0 Å². The van der Waals surface area contributed by atoms with E-state index in [0.717, 1.165) is 34.8 Å². The van der Waals surface area contributed by atoms with Gasteiger partial charge in [-0.1, -0.05) is 39.5 Å². The molecular formula is C20H26N2O2S. The summed E-state index contributed by atoms with van der Waals surface area (Å²) in [5.74, 6) is 1.14. The van der Waals surface area contributed by atoms with E-state index in [0.29, 0.717) is 17.3 Å². The van der Waals surface area contributed by atoms with Gasteiger partial charge in [-0.25, -0.2) is 4.79 Å². The fourth-order valence-corrected chi connectivity index (χ4v) is 3.95. The Morgan fingerprint density at radius 3 is 2.72 bits per heavy atom. The second kappa shape index (κ2) is 6.87. The summed E-state index contributed by atoms with van der Waals surface area (Å²) in [6.45, 7) is 12.6. The molecule has 4 nitrogen and oxygen atoms in total. The summed E-state index contributed by atoms with van der Waals surface area (Å²) in [6.07, 6.45) is 0. The van der Waals surface area contributed by atoms with Crippen molar-refractivity contribution in [3.63, 3.8) is 0 Å². The number of aryl methyl sites for hydroxylation is 1. The summed E-state index contributed by atoms with van der Waals surface area (Å²) in [5, 5.41) is 5.37. The van der Waals surface area contributed by atoms with Crippen molar-refractivity contribution in [2.24, 2.45) is 10.4 Å². The highest BCUT2D eigenvalue weighted by molar-refractivity contribution is 8.13. The van der Waals surface area contributed by atoms with Gasteiger partial charge in [0.15, 0.2) is 5.17 Å². The molecule has 134 valence electrons. The third-order valence-corrected chi connectivity index (χ3v) is 5.57.